The van der Waals surface area contributed by atoms with Gasteiger partial charge in [0.05, 0.1) is 0 Å². The first kappa shape index (κ1) is 29.5. The Morgan fingerprint density at radius 2 is 0.885 bits per heavy atom. The fraction of sp³-hybridized carbons (Fsp3) is 0.0769. The molecule has 0 heteroatoms. The molecule has 0 atom stereocenters. The fourth-order valence-corrected chi connectivity index (χ4v) is 9.05. The monoisotopic (exact) mass is 660 g/mol. The van der Waals surface area contributed by atoms with E-state index in [0.29, 0.717) is 5.92 Å². The summed E-state index contributed by atoms with van der Waals surface area (Å²) in [5.41, 5.74) is 10.8. The molecular formula is C52H36. The van der Waals surface area contributed by atoms with E-state index in [2.05, 4.69) is 177 Å². The van der Waals surface area contributed by atoms with Crippen LogP contribution in [0, 0.1) is 6.92 Å². The number of aryl methyl sites for hydroxylation is 1. The van der Waals surface area contributed by atoms with Gasteiger partial charge in [0.15, 0.2) is 0 Å². The number of hydrogen-bond donors (Lipinski definition) is 0. The van der Waals surface area contributed by atoms with Crippen molar-refractivity contribution in [3.8, 4) is 33.4 Å². The van der Waals surface area contributed by atoms with Gasteiger partial charge in [-0.3, -0.25) is 0 Å². The molecule has 0 heterocycles. The lowest BCUT2D eigenvalue weighted by molar-refractivity contribution is 1.14. The van der Waals surface area contributed by atoms with Crippen LogP contribution in [0.15, 0.2) is 170 Å². The van der Waals surface area contributed by atoms with Crippen LogP contribution in [-0.4, -0.2) is 0 Å². The second-order valence-electron chi connectivity index (χ2n) is 14.8. The molecule has 0 spiro atoms. The zero-order chi connectivity index (χ0) is 34.3. The molecule has 1 aliphatic rings. The van der Waals surface area contributed by atoms with Gasteiger partial charge >= 0.3 is 0 Å². The Hall–Kier alpha value is -6.24. The van der Waals surface area contributed by atoms with Gasteiger partial charge in [-0.25, -0.2) is 0 Å². The van der Waals surface area contributed by atoms with Crippen LogP contribution in [0.5, 0.6) is 0 Å². The molecule has 52 heavy (non-hydrogen) atoms. The van der Waals surface area contributed by atoms with Crippen molar-refractivity contribution < 1.29 is 0 Å². The molecule has 0 aliphatic heterocycles. The lowest BCUT2D eigenvalue weighted by Crippen LogP contribution is -1.95. The molecule has 0 unspecified atom stereocenters. The maximum absolute atomic E-state index is 2.41. The Balaban J connectivity index is 1.02. The summed E-state index contributed by atoms with van der Waals surface area (Å²) in [6.45, 7) is 2.28. The molecule has 1 saturated carbocycles. The quantitative estimate of drug-likeness (QED) is 0.165. The SMILES string of the molecule is Cc1cc2ccccc2c2cccc(-c3cccc(-c4ccc5cc(-c6ccc7ccc8c9ccccc9ccc8c7c6)ccc5c4)c3C3CC3)c12. The highest BCUT2D eigenvalue weighted by Crippen LogP contribution is 2.50. The maximum atomic E-state index is 2.41. The van der Waals surface area contributed by atoms with Crippen LogP contribution >= 0.6 is 0 Å². The predicted molar refractivity (Wildman–Crippen MR) is 224 cm³/mol. The molecule has 0 radical (unpaired) electrons. The van der Waals surface area contributed by atoms with Gasteiger partial charge in [0.25, 0.3) is 0 Å². The second kappa shape index (κ2) is 11.4. The standard InChI is InChI=1S/C52H36/c1-32-28-40-9-3-5-11-43(40)47-13-7-14-48(51(32)47)49-15-6-12-44(52(49)35-17-18-35)41-23-22-36-29-37(20-21-38(36)30-41)39-19-16-34-25-26-45-42-10-4-2-8-33(42)24-27-46(45)50(34)31-39/h2-16,19-31,35H,17-18H2,1H3. The van der Waals surface area contributed by atoms with Crippen LogP contribution in [0.4, 0.5) is 0 Å². The lowest BCUT2D eigenvalue weighted by Gasteiger charge is -2.19. The average Bonchev–Trinajstić information content (AvgIpc) is 4.05. The summed E-state index contributed by atoms with van der Waals surface area (Å²) in [5, 5.41) is 15.7. The van der Waals surface area contributed by atoms with E-state index in [1.165, 1.54) is 122 Å². The Kier molecular flexibility index (Phi) is 6.46. The number of rotatable bonds is 4. The molecule has 1 aliphatic carbocycles. The van der Waals surface area contributed by atoms with Gasteiger partial charge in [-0.2, -0.15) is 0 Å². The first-order chi connectivity index (χ1) is 25.7. The molecule has 0 bridgehead atoms. The largest absolute Gasteiger partial charge is 0.0616 e. The van der Waals surface area contributed by atoms with Gasteiger partial charge in [0.1, 0.15) is 0 Å². The van der Waals surface area contributed by atoms with Gasteiger partial charge in [0.2, 0.25) is 0 Å². The third-order valence-corrected chi connectivity index (χ3v) is 11.7. The van der Waals surface area contributed by atoms with Gasteiger partial charge in [-0.15, -0.1) is 0 Å². The van der Waals surface area contributed by atoms with E-state index in [1.54, 1.807) is 0 Å². The average molecular weight is 661 g/mol. The minimum atomic E-state index is 0.599. The molecular weight excluding hydrogens is 625 g/mol. The molecule has 10 aromatic rings. The van der Waals surface area contributed by atoms with Gasteiger partial charge in [0, 0.05) is 0 Å². The lowest BCUT2D eigenvalue weighted by atomic mass is 9.85. The normalized spacial score (nSPS) is 13.2. The van der Waals surface area contributed by atoms with E-state index >= 15 is 0 Å². The number of hydrogen-bond acceptors (Lipinski definition) is 0. The summed E-state index contributed by atoms with van der Waals surface area (Å²) in [4.78, 5) is 0. The molecule has 0 amide bonds. The predicted octanol–water partition coefficient (Wildman–Crippen LogP) is 14.8. The smallest absolute Gasteiger partial charge is 0.00696 e. The van der Waals surface area contributed by atoms with E-state index in [4.69, 9.17) is 0 Å². The maximum Gasteiger partial charge on any atom is -0.00696 e. The summed E-state index contributed by atoms with van der Waals surface area (Å²) < 4.78 is 0. The molecule has 10 aromatic carbocycles. The van der Waals surface area contributed by atoms with E-state index in [0.717, 1.165) is 0 Å². The van der Waals surface area contributed by atoms with Gasteiger partial charge < -0.3 is 0 Å². The van der Waals surface area contributed by atoms with E-state index in [1.807, 2.05) is 0 Å². The van der Waals surface area contributed by atoms with E-state index in [9.17, 15) is 0 Å². The van der Waals surface area contributed by atoms with Crippen molar-refractivity contribution in [1.29, 1.82) is 0 Å². The molecule has 11 rings (SSSR count). The highest BCUT2D eigenvalue weighted by molar-refractivity contribution is 6.18. The van der Waals surface area contributed by atoms with Gasteiger partial charge in [-0.1, -0.05) is 152 Å². The Morgan fingerprint density at radius 3 is 1.67 bits per heavy atom. The minimum absolute atomic E-state index is 0.599. The molecule has 0 aromatic heterocycles. The topological polar surface area (TPSA) is 0 Å². The van der Waals surface area contributed by atoms with Crippen molar-refractivity contribution in [1.82, 2.24) is 0 Å². The number of fused-ring (bicyclic) bond motifs is 9. The van der Waals surface area contributed by atoms with Crippen LogP contribution < -0.4 is 0 Å². The van der Waals surface area contributed by atoms with Gasteiger partial charge in [-0.05, 0) is 153 Å². The molecule has 0 nitrogen and oxygen atoms in total. The van der Waals surface area contributed by atoms with Crippen LogP contribution in [0.3, 0.4) is 0 Å². The van der Waals surface area contributed by atoms with Crippen molar-refractivity contribution in [3.63, 3.8) is 0 Å². The number of benzene rings is 10. The highest BCUT2D eigenvalue weighted by Gasteiger charge is 2.30. The summed E-state index contributed by atoms with van der Waals surface area (Å²) in [7, 11) is 0. The highest BCUT2D eigenvalue weighted by atomic mass is 14.3. The minimum Gasteiger partial charge on any atom is -0.0616 e. The molecule has 0 saturated heterocycles. The third kappa shape index (κ3) is 4.61. The Labute approximate surface area is 303 Å². The summed E-state index contributed by atoms with van der Waals surface area (Å²) >= 11 is 0. The van der Waals surface area contributed by atoms with Crippen molar-refractivity contribution >= 4 is 64.6 Å². The van der Waals surface area contributed by atoms with Crippen molar-refractivity contribution in [2.75, 3.05) is 0 Å². The summed E-state index contributed by atoms with van der Waals surface area (Å²) in [5.74, 6) is 0.599. The zero-order valence-electron chi connectivity index (χ0n) is 29.2. The van der Waals surface area contributed by atoms with Crippen LogP contribution in [-0.2, 0) is 0 Å². The van der Waals surface area contributed by atoms with Crippen molar-refractivity contribution in [2.45, 2.75) is 25.7 Å². The molecule has 244 valence electrons. The Morgan fingerprint density at radius 1 is 0.346 bits per heavy atom. The summed E-state index contributed by atoms with van der Waals surface area (Å²) in [6.07, 6.45) is 2.51. The first-order valence-electron chi connectivity index (χ1n) is 18.6. The van der Waals surface area contributed by atoms with Crippen molar-refractivity contribution in [2.24, 2.45) is 0 Å². The van der Waals surface area contributed by atoms with Crippen molar-refractivity contribution in [3.05, 3.63) is 181 Å². The Bertz CT molecular complexity index is 3080. The fourth-order valence-electron chi connectivity index (χ4n) is 9.05. The van der Waals surface area contributed by atoms with Crippen LogP contribution in [0.2, 0.25) is 0 Å². The van der Waals surface area contributed by atoms with Crippen LogP contribution in [0.1, 0.15) is 29.9 Å². The molecule has 1 fully saturated rings. The second-order valence-corrected chi connectivity index (χ2v) is 14.8. The van der Waals surface area contributed by atoms with E-state index in [-0.39, 0.29) is 0 Å². The van der Waals surface area contributed by atoms with Crippen LogP contribution in [0.25, 0.3) is 98.0 Å². The first-order valence-corrected chi connectivity index (χ1v) is 18.6. The summed E-state index contributed by atoms with van der Waals surface area (Å²) in [6, 6.07) is 63.8. The van der Waals surface area contributed by atoms with E-state index < -0.39 is 0 Å². The third-order valence-electron chi connectivity index (χ3n) is 11.7. The molecule has 0 N–H and O–H groups in total. The zero-order valence-corrected chi connectivity index (χ0v) is 29.2.